The fraction of sp³-hybridized carbons (Fsp3) is 1.00. The second-order valence-corrected chi connectivity index (χ2v) is 12.7. The van der Waals surface area contributed by atoms with E-state index in [1.54, 1.807) is 0 Å². The Morgan fingerprint density at radius 1 is 0.385 bits per heavy atom. The first-order valence-electron chi connectivity index (χ1n) is 18.2. The molecule has 3 heteroatoms. The van der Waals surface area contributed by atoms with E-state index in [0.29, 0.717) is 6.61 Å². The van der Waals surface area contributed by atoms with E-state index in [2.05, 4.69) is 6.92 Å². The molecule has 0 amide bonds. The van der Waals surface area contributed by atoms with Crippen molar-refractivity contribution in [2.75, 3.05) is 19.8 Å². The molecule has 1 heterocycles. The van der Waals surface area contributed by atoms with Gasteiger partial charge in [0.25, 0.3) is 0 Å². The summed E-state index contributed by atoms with van der Waals surface area (Å²) in [6.07, 6.45) is 42.2. The molecule has 1 rings (SSSR count). The van der Waals surface area contributed by atoms with Gasteiger partial charge in [-0.25, -0.2) is 0 Å². The lowest BCUT2D eigenvalue weighted by Gasteiger charge is -2.27. The minimum atomic E-state index is -0.245. The minimum Gasteiger partial charge on any atom is -0.396 e. The van der Waals surface area contributed by atoms with Gasteiger partial charge in [0.05, 0.1) is 13.2 Å². The predicted octanol–water partition coefficient (Wildman–Crippen LogP) is 11.8. The van der Waals surface area contributed by atoms with E-state index in [0.717, 1.165) is 32.5 Å². The lowest BCUT2D eigenvalue weighted by molar-refractivity contribution is -0.168. The van der Waals surface area contributed by atoms with Crippen LogP contribution in [0.5, 0.6) is 0 Å². The van der Waals surface area contributed by atoms with Gasteiger partial charge in [0, 0.05) is 19.4 Å². The molecule has 39 heavy (non-hydrogen) atoms. The van der Waals surface area contributed by atoms with Gasteiger partial charge < -0.3 is 14.6 Å². The molecule has 0 aromatic heterocycles. The molecular weight excluding hydrogens is 480 g/mol. The van der Waals surface area contributed by atoms with Crippen LogP contribution in [0.2, 0.25) is 0 Å². The molecule has 1 N–H and O–H groups in total. The monoisotopic (exact) mass is 553 g/mol. The highest BCUT2D eigenvalue weighted by atomic mass is 16.7. The average Bonchev–Trinajstić information content (AvgIpc) is 3.42. The van der Waals surface area contributed by atoms with Gasteiger partial charge in [-0.1, -0.05) is 174 Å². The van der Waals surface area contributed by atoms with E-state index < -0.39 is 0 Å². The van der Waals surface area contributed by atoms with Crippen molar-refractivity contribution in [2.45, 2.75) is 212 Å². The lowest BCUT2D eigenvalue weighted by Crippen LogP contribution is -2.30. The third kappa shape index (κ3) is 24.2. The second kappa shape index (κ2) is 29.4. The van der Waals surface area contributed by atoms with Crippen LogP contribution in [0.4, 0.5) is 0 Å². The molecule has 1 aliphatic heterocycles. The van der Waals surface area contributed by atoms with E-state index in [1.165, 1.54) is 180 Å². The zero-order chi connectivity index (χ0) is 28.0. The van der Waals surface area contributed by atoms with Crippen molar-refractivity contribution in [2.24, 2.45) is 0 Å². The molecule has 0 atom stereocenters. The maximum Gasteiger partial charge on any atom is 0.168 e. The summed E-state index contributed by atoms with van der Waals surface area (Å²) in [6.45, 7) is 4.24. The molecule has 0 aromatic carbocycles. The SMILES string of the molecule is CCCCCCCCCCCCCCCCCCCC1(CCCCCCCCCCCCCCO)OCCO1. The Kier molecular flexibility index (Phi) is 27.8. The molecule has 0 spiro atoms. The molecule has 0 unspecified atom stereocenters. The Hall–Kier alpha value is -0.120. The number of hydrogen-bond donors (Lipinski definition) is 1. The van der Waals surface area contributed by atoms with Crippen molar-refractivity contribution in [1.29, 1.82) is 0 Å². The van der Waals surface area contributed by atoms with Crippen LogP contribution in [0.1, 0.15) is 206 Å². The third-order valence-electron chi connectivity index (χ3n) is 8.94. The maximum atomic E-state index is 8.82. The Morgan fingerprint density at radius 2 is 0.641 bits per heavy atom. The maximum absolute atomic E-state index is 8.82. The molecule has 3 nitrogen and oxygen atoms in total. The second-order valence-electron chi connectivity index (χ2n) is 12.7. The van der Waals surface area contributed by atoms with Crippen molar-refractivity contribution in [3.05, 3.63) is 0 Å². The van der Waals surface area contributed by atoms with Crippen molar-refractivity contribution in [1.82, 2.24) is 0 Å². The van der Waals surface area contributed by atoms with Crippen molar-refractivity contribution >= 4 is 0 Å². The molecule has 0 aromatic rings. The smallest absolute Gasteiger partial charge is 0.168 e. The highest BCUT2D eigenvalue weighted by molar-refractivity contribution is 4.74. The van der Waals surface area contributed by atoms with Crippen LogP contribution in [0, 0.1) is 0 Å². The number of rotatable bonds is 32. The molecule has 0 saturated carbocycles. The van der Waals surface area contributed by atoms with Crippen molar-refractivity contribution < 1.29 is 14.6 Å². The van der Waals surface area contributed by atoms with Gasteiger partial charge in [0.2, 0.25) is 0 Å². The van der Waals surface area contributed by atoms with Gasteiger partial charge in [-0.15, -0.1) is 0 Å². The van der Waals surface area contributed by atoms with E-state index in [4.69, 9.17) is 14.6 Å². The van der Waals surface area contributed by atoms with E-state index in [9.17, 15) is 0 Å². The molecule has 0 aliphatic carbocycles. The van der Waals surface area contributed by atoms with Gasteiger partial charge in [0.15, 0.2) is 5.79 Å². The summed E-state index contributed by atoms with van der Waals surface area (Å²) in [6, 6.07) is 0. The van der Waals surface area contributed by atoms with E-state index >= 15 is 0 Å². The van der Waals surface area contributed by atoms with Gasteiger partial charge in [-0.05, 0) is 19.3 Å². The molecule has 0 bridgehead atoms. The first-order valence-corrected chi connectivity index (χ1v) is 18.2. The van der Waals surface area contributed by atoms with Gasteiger partial charge in [-0.3, -0.25) is 0 Å². The normalized spacial score (nSPS) is 14.9. The molecular formula is C36H72O3. The Morgan fingerprint density at radius 3 is 0.923 bits per heavy atom. The number of ether oxygens (including phenoxy) is 2. The largest absolute Gasteiger partial charge is 0.396 e. The zero-order valence-electron chi connectivity index (χ0n) is 26.8. The highest BCUT2D eigenvalue weighted by Crippen LogP contribution is 2.32. The zero-order valence-corrected chi connectivity index (χ0v) is 26.8. The summed E-state index contributed by atoms with van der Waals surface area (Å²) in [5.41, 5.74) is 0. The lowest BCUT2D eigenvalue weighted by atomic mass is 9.98. The first-order chi connectivity index (χ1) is 19.3. The summed E-state index contributed by atoms with van der Waals surface area (Å²) in [5.74, 6) is -0.245. The third-order valence-corrected chi connectivity index (χ3v) is 8.94. The van der Waals surface area contributed by atoms with Gasteiger partial charge >= 0.3 is 0 Å². The van der Waals surface area contributed by atoms with Crippen LogP contribution >= 0.6 is 0 Å². The van der Waals surface area contributed by atoms with Crippen LogP contribution in [0.25, 0.3) is 0 Å². The summed E-state index contributed by atoms with van der Waals surface area (Å²) in [4.78, 5) is 0. The van der Waals surface area contributed by atoms with Crippen molar-refractivity contribution in [3.63, 3.8) is 0 Å². The Balaban J connectivity index is 1.85. The number of aliphatic hydroxyl groups is 1. The number of aliphatic hydroxyl groups excluding tert-OH is 1. The summed E-state index contributed by atoms with van der Waals surface area (Å²) in [7, 11) is 0. The van der Waals surface area contributed by atoms with Crippen LogP contribution in [-0.2, 0) is 9.47 Å². The quantitative estimate of drug-likeness (QED) is 0.0843. The number of unbranched alkanes of at least 4 members (excludes halogenated alkanes) is 27. The fourth-order valence-electron chi connectivity index (χ4n) is 6.30. The predicted molar refractivity (Wildman–Crippen MR) is 171 cm³/mol. The van der Waals surface area contributed by atoms with Crippen molar-refractivity contribution in [3.8, 4) is 0 Å². The summed E-state index contributed by atoms with van der Waals surface area (Å²) < 4.78 is 12.3. The summed E-state index contributed by atoms with van der Waals surface area (Å²) >= 11 is 0. The molecule has 1 aliphatic rings. The Bertz CT molecular complexity index is 460. The Labute approximate surface area is 246 Å². The van der Waals surface area contributed by atoms with Crippen LogP contribution in [-0.4, -0.2) is 30.7 Å². The average molecular weight is 553 g/mol. The van der Waals surface area contributed by atoms with Gasteiger partial charge in [-0.2, -0.15) is 0 Å². The molecule has 234 valence electrons. The molecule has 0 radical (unpaired) electrons. The van der Waals surface area contributed by atoms with Crippen LogP contribution in [0.3, 0.4) is 0 Å². The fourth-order valence-corrected chi connectivity index (χ4v) is 6.30. The van der Waals surface area contributed by atoms with E-state index in [-0.39, 0.29) is 5.79 Å². The standard InChI is InChI=1S/C36H72O3/c1-2-3-4-5-6-7-8-9-10-11-12-13-16-19-22-25-28-31-36(38-34-35-39-36)32-29-26-23-20-17-14-15-18-21-24-27-30-33-37/h37H,2-35H2,1H3. The van der Waals surface area contributed by atoms with Gasteiger partial charge in [0.1, 0.15) is 0 Å². The van der Waals surface area contributed by atoms with Crippen LogP contribution < -0.4 is 0 Å². The summed E-state index contributed by atoms with van der Waals surface area (Å²) in [5, 5.41) is 8.82. The topological polar surface area (TPSA) is 38.7 Å². The first kappa shape index (κ1) is 36.9. The number of hydrogen-bond acceptors (Lipinski definition) is 3. The molecule has 1 fully saturated rings. The minimum absolute atomic E-state index is 0.245. The van der Waals surface area contributed by atoms with Crippen LogP contribution in [0.15, 0.2) is 0 Å². The molecule has 1 saturated heterocycles. The van der Waals surface area contributed by atoms with E-state index in [1.807, 2.05) is 0 Å². The highest BCUT2D eigenvalue weighted by Gasteiger charge is 2.35.